The highest BCUT2D eigenvalue weighted by Crippen LogP contribution is 2.31. The Morgan fingerprint density at radius 3 is 2.25 bits per heavy atom. The first-order chi connectivity index (χ1) is 9.39. The van der Waals surface area contributed by atoms with Gasteiger partial charge in [-0.1, -0.05) is 42.5 Å². The molecule has 0 aromatic heterocycles. The van der Waals surface area contributed by atoms with Gasteiger partial charge in [-0.2, -0.15) is 13.2 Å². The van der Waals surface area contributed by atoms with E-state index in [9.17, 15) is 18.0 Å². The van der Waals surface area contributed by atoms with Crippen LogP contribution in [0.3, 0.4) is 0 Å². The molecule has 0 spiro atoms. The van der Waals surface area contributed by atoms with E-state index in [0.29, 0.717) is 5.56 Å². The molecule has 0 saturated heterocycles. The van der Waals surface area contributed by atoms with Crippen LogP contribution in [-0.4, -0.2) is 5.78 Å². The topological polar surface area (TPSA) is 17.1 Å². The average Bonchev–Trinajstić information content (AvgIpc) is 2.46. The lowest BCUT2D eigenvalue weighted by atomic mass is 10.0. The Morgan fingerprint density at radius 2 is 1.65 bits per heavy atom. The summed E-state index contributed by atoms with van der Waals surface area (Å²) in [6, 6.07) is 12.8. The Kier molecular flexibility index (Phi) is 4.14. The van der Waals surface area contributed by atoms with E-state index >= 15 is 0 Å². The molecule has 1 unspecified atom stereocenters. The van der Waals surface area contributed by atoms with Crippen LogP contribution in [0.2, 0.25) is 0 Å². The Labute approximate surface area is 119 Å². The Morgan fingerprint density at radius 1 is 1.00 bits per heavy atom. The van der Waals surface area contributed by atoms with Crippen molar-refractivity contribution in [1.29, 1.82) is 0 Å². The van der Waals surface area contributed by atoms with E-state index in [2.05, 4.69) is 0 Å². The number of ketones is 1. The average molecular weight is 299 g/mol. The summed E-state index contributed by atoms with van der Waals surface area (Å²) in [7, 11) is 0. The summed E-state index contributed by atoms with van der Waals surface area (Å²) in [4.78, 5) is 12.1. The van der Waals surface area contributed by atoms with Crippen LogP contribution < -0.4 is 0 Å². The van der Waals surface area contributed by atoms with E-state index in [4.69, 9.17) is 11.6 Å². The molecule has 0 aliphatic carbocycles. The minimum absolute atomic E-state index is 0.0521. The number of halogens is 4. The van der Waals surface area contributed by atoms with E-state index < -0.39 is 22.9 Å². The van der Waals surface area contributed by atoms with E-state index in [1.807, 2.05) is 0 Å². The third kappa shape index (κ3) is 3.20. The van der Waals surface area contributed by atoms with Crippen LogP contribution >= 0.6 is 11.6 Å². The first kappa shape index (κ1) is 14.6. The van der Waals surface area contributed by atoms with Crippen molar-refractivity contribution < 1.29 is 18.0 Å². The minimum Gasteiger partial charge on any atom is -0.292 e. The smallest absolute Gasteiger partial charge is 0.292 e. The molecule has 1 nitrogen and oxygen atoms in total. The Balaban J connectivity index is 2.30. The maximum Gasteiger partial charge on any atom is 0.416 e. The maximum atomic E-state index is 12.6. The molecule has 5 heteroatoms. The van der Waals surface area contributed by atoms with E-state index in [1.54, 1.807) is 30.3 Å². The number of carbonyl (C=O) groups is 1. The molecule has 0 aliphatic heterocycles. The minimum atomic E-state index is -4.48. The molecule has 0 radical (unpaired) electrons. The van der Waals surface area contributed by atoms with E-state index in [-0.39, 0.29) is 5.56 Å². The first-order valence-electron chi connectivity index (χ1n) is 5.80. The quantitative estimate of drug-likeness (QED) is 0.584. The standard InChI is InChI=1S/C15H10ClF3O/c16-13(10-5-2-1-3-6-10)14(20)11-7-4-8-12(9-11)15(17,18)19/h1-9,13H. The molecule has 1 atom stereocenters. The number of hydrogen-bond donors (Lipinski definition) is 0. The lowest BCUT2D eigenvalue weighted by Gasteiger charge is -2.11. The van der Waals surface area contributed by atoms with Crippen LogP contribution in [-0.2, 0) is 6.18 Å². The van der Waals surface area contributed by atoms with Crippen molar-refractivity contribution in [3.8, 4) is 0 Å². The van der Waals surface area contributed by atoms with Crippen LogP contribution in [0.1, 0.15) is 26.9 Å². The monoisotopic (exact) mass is 298 g/mol. The van der Waals surface area contributed by atoms with Crippen LogP contribution in [0.25, 0.3) is 0 Å². The van der Waals surface area contributed by atoms with Gasteiger partial charge in [-0.3, -0.25) is 4.79 Å². The molecule has 2 rings (SSSR count). The van der Waals surface area contributed by atoms with Crippen molar-refractivity contribution in [2.75, 3.05) is 0 Å². The predicted molar refractivity (Wildman–Crippen MR) is 70.8 cm³/mol. The molecular formula is C15H10ClF3O. The zero-order valence-corrected chi connectivity index (χ0v) is 10.9. The van der Waals surface area contributed by atoms with Crippen LogP contribution in [0, 0.1) is 0 Å². The van der Waals surface area contributed by atoms with Gasteiger partial charge in [0.2, 0.25) is 0 Å². The third-order valence-electron chi connectivity index (χ3n) is 2.80. The van der Waals surface area contributed by atoms with Gasteiger partial charge in [0.1, 0.15) is 5.38 Å². The SMILES string of the molecule is O=C(c1cccc(C(F)(F)F)c1)C(Cl)c1ccccc1. The summed E-state index contributed by atoms with van der Waals surface area (Å²) in [5.74, 6) is -0.552. The van der Waals surface area contributed by atoms with Gasteiger partial charge in [0, 0.05) is 5.56 Å². The molecule has 0 bridgehead atoms. The van der Waals surface area contributed by atoms with Crippen molar-refractivity contribution in [2.24, 2.45) is 0 Å². The lowest BCUT2D eigenvalue weighted by molar-refractivity contribution is -0.137. The fraction of sp³-hybridized carbons (Fsp3) is 0.133. The highest BCUT2D eigenvalue weighted by Gasteiger charge is 2.31. The molecule has 2 aromatic rings. The van der Waals surface area contributed by atoms with Crippen molar-refractivity contribution in [3.63, 3.8) is 0 Å². The summed E-state index contributed by atoms with van der Waals surface area (Å²) in [5, 5.41) is -1.00. The van der Waals surface area contributed by atoms with Crippen molar-refractivity contribution in [1.82, 2.24) is 0 Å². The van der Waals surface area contributed by atoms with Crippen molar-refractivity contribution in [2.45, 2.75) is 11.6 Å². The van der Waals surface area contributed by atoms with Gasteiger partial charge in [0.15, 0.2) is 5.78 Å². The summed E-state index contributed by atoms with van der Waals surface area (Å²) in [5.41, 5.74) is -0.361. The fourth-order valence-electron chi connectivity index (χ4n) is 1.77. The molecule has 104 valence electrons. The normalized spacial score (nSPS) is 13.0. The molecule has 0 N–H and O–H groups in total. The first-order valence-corrected chi connectivity index (χ1v) is 6.24. The fourth-order valence-corrected chi connectivity index (χ4v) is 2.04. The number of carbonyl (C=O) groups excluding carboxylic acids is 1. The molecule has 0 amide bonds. The number of hydrogen-bond acceptors (Lipinski definition) is 1. The predicted octanol–water partition coefficient (Wildman–Crippen LogP) is 4.87. The van der Waals surface area contributed by atoms with Gasteiger partial charge in [-0.25, -0.2) is 0 Å². The number of alkyl halides is 4. The Bertz CT molecular complexity index is 608. The summed E-state index contributed by atoms with van der Waals surface area (Å²) in [6.07, 6.45) is -4.48. The second-order valence-electron chi connectivity index (χ2n) is 4.22. The van der Waals surface area contributed by atoms with Crippen LogP contribution in [0.15, 0.2) is 54.6 Å². The second kappa shape index (κ2) is 5.67. The number of Topliss-reactive ketones (excluding diaryl/α,β-unsaturated/α-hetero) is 1. The van der Waals surface area contributed by atoms with Gasteiger partial charge >= 0.3 is 6.18 Å². The van der Waals surface area contributed by atoms with Crippen molar-refractivity contribution >= 4 is 17.4 Å². The highest BCUT2D eigenvalue weighted by molar-refractivity contribution is 6.33. The van der Waals surface area contributed by atoms with E-state index in [1.165, 1.54) is 12.1 Å². The molecule has 2 aromatic carbocycles. The molecule has 0 saturated carbocycles. The molecule has 20 heavy (non-hydrogen) atoms. The molecule has 0 fully saturated rings. The number of benzene rings is 2. The van der Waals surface area contributed by atoms with E-state index in [0.717, 1.165) is 12.1 Å². The molecule has 0 aliphatic rings. The summed E-state index contributed by atoms with van der Waals surface area (Å²) >= 11 is 6.03. The highest BCUT2D eigenvalue weighted by atomic mass is 35.5. The molecular weight excluding hydrogens is 289 g/mol. The number of rotatable bonds is 3. The zero-order valence-electron chi connectivity index (χ0n) is 10.2. The third-order valence-corrected chi connectivity index (χ3v) is 3.25. The zero-order chi connectivity index (χ0) is 14.8. The van der Waals surface area contributed by atoms with Gasteiger partial charge in [-0.05, 0) is 17.7 Å². The van der Waals surface area contributed by atoms with Gasteiger partial charge in [-0.15, -0.1) is 11.6 Å². The Hall–Kier alpha value is -1.81. The maximum absolute atomic E-state index is 12.6. The second-order valence-corrected chi connectivity index (χ2v) is 4.65. The lowest BCUT2D eigenvalue weighted by Crippen LogP contribution is -2.10. The van der Waals surface area contributed by atoms with Crippen LogP contribution in [0.4, 0.5) is 13.2 Å². The summed E-state index contributed by atoms with van der Waals surface area (Å²) < 4.78 is 37.8. The van der Waals surface area contributed by atoms with Gasteiger partial charge < -0.3 is 0 Å². The molecule has 0 heterocycles. The van der Waals surface area contributed by atoms with Crippen LogP contribution in [0.5, 0.6) is 0 Å². The van der Waals surface area contributed by atoms with Gasteiger partial charge in [0.25, 0.3) is 0 Å². The van der Waals surface area contributed by atoms with Gasteiger partial charge in [0.05, 0.1) is 5.56 Å². The largest absolute Gasteiger partial charge is 0.416 e. The van der Waals surface area contributed by atoms with Crippen molar-refractivity contribution in [3.05, 3.63) is 71.3 Å². The summed E-state index contributed by atoms with van der Waals surface area (Å²) in [6.45, 7) is 0.